The Balaban J connectivity index is 1.74. The molecule has 0 radical (unpaired) electrons. The number of carbonyl (C=O) groups is 1. The van der Waals surface area contributed by atoms with E-state index in [0.717, 1.165) is 37.1 Å². The lowest BCUT2D eigenvalue weighted by atomic mass is 9.84. The molecule has 0 spiro atoms. The second-order valence-electron chi connectivity index (χ2n) is 6.12. The van der Waals surface area contributed by atoms with E-state index in [1.54, 1.807) is 0 Å². The van der Waals surface area contributed by atoms with E-state index in [1.165, 1.54) is 6.42 Å². The van der Waals surface area contributed by atoms with E-state index < -0.39 is 0 Å². The summed E-state index contributed by atoms with van der Waals surface area (Å²) in [5, 5.41) is 16.5. The Morgan fingerprint density at radius 3 is 2.86 bits per heavy atom. The number of fused-ring (bicyclic) bond motifs is 1. The van der Waals surface area contributed by atoms with Gasteiger partial charge in [-0.15, -0.1) is 10.2 Å². The summed E-state index contributed by atoms with van der Waals surface area (Å²) in [7, 11) is 0. The first-order chi connectivity index (χ1) is 10.1. The molecule has 1 fully saturated rings. The lowest BCUT2D eigenvalue weighted by Gasteiger charge is -2.34. The van der Waals surface area contributed by atoms with Crippen molar-refractivity contribution in [2.45, 2.75) is 52.1 Å². The number of aromatic nitrogens is 2. The number of rotatable bonds is 3. The Hall–Kier alpha value is -1.85. The van der Waals surface area contributed by atoms with E-state index in [2.05, 4.69) is 20.4 Å². The van der Waals surface area contributed by atoms with Crippen molar-refractivity contribution in [3.63, 3.8) is 0 Å². The van der Waals surface area contributed by atoms with Crippen LogP contribution in [0.15, 0.2) is 16.3 Å². The summed E-state index contributed by atoms with van der Waals surface area (Å²) >= 11 is 0. The van der Waals surface area contributed by atoms with Crippen LogP contribution in [0.2, 0.25) is 0 Å². The van der Waals surface area contributed by atoms with Crippen molar-refractivity contribution in [1.82, 2.24) is 15.1 Å². The molecule has 1 saturated carbocycles. The fourth-order valence-corrected chi connectivity index (χ4v) is 2.64. The first-order valence-electron chi connectivity index (χ1n) is 7.68. The van der Waals surface area contributed by atoms with Crippen LogP contribution in [0.5, 0.6) is 0 Å². The quantitative estimate of drug-likeness (QED) is 0.802. The van der Waals surface area contributed by atoms with Gasteiger partial charge in [0.05, 0.1) is 11.7 Å². The third-order valence-electron chi connectivity index (χ3n) is 4.08. The molecule has 0 bridgehead atoms. The molecule has 0 aromatic carbocycles. The minimum absolute atomic E-state index is 0.138. The van der Waals surface area contributed by atoms with Gasteiger partial charge in [-0.05, 0) is 38.3 Å². The highest BCUT2D eigenvalue weighted by atomic mass is 16.2. The van der Waals surface area contributed by atoms with Crippen molar-refractivity contribution in [1.29, 1.82) is 0 Å². The fraction of sp³-hybridized carbons (Fsp3) is 0.667. The highest BCUT2D eigenvalue weighted by molar-refractivity contribution is 5.79. The fourth-order valence-electron chi connectivity index (χ4n) is 2.64. The van der Waals surface area contributed by atoms with Crippen LogP contribution in [0.4, 0.5) is 5.82 Å². The molecule has 6 heteroatoms. The van der Waals surface area contributed by atoms with E-state index in [4.69, 9.17) is 0 Å². The van der Waals surface area contributed by atoms with Gasteiger partial charge in [-0.2, -0.15) is 10.2 Å². The minimum atomic E-state index is 0.138. The molecule has 6 nitrogen and oxygen atoms in total. The van der Waals surface area contributed by atoms with Gasteiger partial charge in [0.1, 0.15) is 0 Å². The van der Waals surface area contributed by atoms with Crippen molar-refractivity contribution in [2.24, 2.45) is 16.1 Å². The molecule has 1 aliphatic carbocycles. The normalized spacial score (nSPS) is 18.9. The summed E-state index contributed by atoms with van der Waals surface area (Å²) in [4.78, 5) is 14.3. The zero-order chi connectivity index (χ0) is 14.8. The van der Waals surface area contributed by atoms with Gasteiger partial charge in [-0.25, -0.2) is 0 Å². The second-order valence-corrected chi connectivity index (χ2v) is 6.12. The van der Waals surface area contributed by atoms with Crippen LogP contribution in [-0.2, 0) is 17.8 Å². The van der Waals surface area contributed by atoms with Crippen molar-refractivity contribution in [3.05, 3.63) is 17.3 Å². The third-order valence-corrected chi connectivity index (χ3v) is 4.08. The largest absolute Gasteiger partial charge is 0.338 e. The van der Waals surface area contributed by atoms with E-state index >= 15 is 0 Å². The molecule has 2 heterocycles. The average Bonchev–Trinajstić information content (AvgIpc) is 2.42. The molecule has 1 aromatic rings. The van der Waals surface area contributed by atoms with Gasteiger partial charge in [0.15, 0.2) is 5.82 Å². The number of azo groups is 1. The summed E-state index contributed by atoms with van der Waals surface area (Å²) in [5.41, 5.74) is 2.04. The topological polar surface area (TPSA) is 70.8 Å². The van der Waals surface area contributed by atoms with Crippen LogP contribution >= 0.6 is 0 Å². The van der Waals surface area contributed by atoms with Gasteiger partial charge in [0, 0.05) is 25.4 Å². The average molecular weight is 287 g/mol. The summed E-state index contributed by atoms with van der Waals surface area (Å²) in [6.45, 7) is 5.32. The van der Waals surface area contributed by atoms with E-state index in [0.29, 0.717) is 18.3 Å². The van der Waals surface area contributed by atoms with E-state index in [-0.39, 0.29) is 12.0 Å². The first kappa shape index (κ1) is 14.1. The van der Waals surface area contributed by atoms with E-state index in [1.807, 2.05) is 24.8 Å². The summed E-state index contributed by atoms with van der Waals surface area (Å²) in [6, 6.07) is 2.05. The molecule has 2 aliphatic rings. The maximum atomic E-state index is 12.3. The summed E-state index contributed by atoms with van der Waals surface area (Å²) in [6.07, 6.45) is 4.06. The summed E-state index contributed by atoms with van der Waals surface area (Å²) < 4.78 is 0. The van der Waals surface area contributed by atoms with Crippen LogP contribution < -0.4 is 0 Å². The van der Waals surface area contributed by atoms with Crippen molar-refractivity contribution in [2.75, 3.05) is 6.54 Å². The Bertz CT molecular complexity index is 565. The number of hydrogen-bond acceptors (Lipinski definition) is 5. The lowest BCUT2D eigenvalue weighted by Crippen LogP contribution is -2.42. The maximum Gasteiger partial charge on any atom is 0.225 e. The smallest absolute Gasteiger partial charge is 0.225 e. The molecule has 0 atom stereocenters. The number of hydrogen-bond donors (Lipinski definition) is 0. The Labute approximate surface area is 124 Å². The van der Waals surface area contributed by atoms with Crippen molar-refractivity contribution in [3.8, 4) is 0 Å². The van der Waals surface area contributed by atoms with E-state index in [9.17, 15) is 4.79 Å². The molecule has 1 aliphatic heterocycles. The van der Waals surface area contributed by atoms with Gasteiger partial charge in [0.2, 0.25) is 5.91 Å². The maximum absolute atomic E-state index is 12.3. The summed E-state index contributed by atoms with van der Waals surface area (Å²) in [5.74, 6) is 1.08. The van der Waals surface area contributed by atoms with Gasteiger partial charge >= 0.3 is 0 Å². The van der Waals surface area contributed by atoms with Crippen molar-refractivity contribution < 1.29 is 4.79 Å². The van der Waals surface area contributed by atoms with Gasteiger partial charge in [0.25, 0.3) is 0 Å². The number of nitrogens with zero attached hydrogens (tertiary/aromatic N) is 5. The van der Waals surface area contributed by atoms with Crippen molar-refractivity contribution >= 4 is 11.7 Å². The van der Waals surface area contributed by atoms with Crippen LogP contribution in [0, 0.1) is 5.92 Å². The standard InChI is InChI=1S/C15H21N5O/c1-10(2)16-18-14-8-12-9-20(7-6-13(12)17-19-14)15(21)11-4-3-5-11/h8,10-11H,3-7,9H2,1-2H3. The molecular formula is C15H21N5O. The third kappa shape index (κ3) is 3.09. The molecule has 0 unspecified atom stereocenters. The number of amides is 1. The van der Waals surface area contributed by atoms with Gasteiger partial charge in [-0.3, -0.25) is 4.79 Å². The zero-order valence-corrected chi connectivity index (χ0v) is 12.6. The monoisotopic (exact) mass is 287 g/mol. The van der Waals surface area contributed by atoms with Gasteiger partial charge in [-0.1, -0.05) is 6.42 Å². The molecule has 21 heavy (non-hydrogen) atoms. The Morgan fingerprint density at radius 2 is 2.19 bits per heavy atom. The lowest BCUT2D eigenvalue weighted by molar-refractivity contribution is -0.139. The highest BCUT2D eigenvalue weighted by Crippen LogP contribution is 2.30. The predicted molar refractivity (Wildman–Crippen MR) is 78.1 cm³/mol. The number of carbonyl (C=O) groups excluding carboxylic acids is 1. The molecular weight excluding hydrogens is 266 g/mol. The minimum Gasteiger partial charge on any atom is -0.338 e. The van der Waals surface area contributed by atoms with Crippen LogP contribution in [0.25, 0.3) is 0 Å². The molecule has 112 valence electrons. The molecule has 0 N–H and O–H groups in total. The predicted octanol–water partition coefficient (Wildman–Crippen LogP) is 2.65. The highest BCUT2D eigenvalue weighted by Gasteiger charge is 2.31. The second kappa shape index (κ2) is 5.87. The van der Waals surface area contributed by atoms with Crippen LogP contribution in [0.1, 0.15) is 44.4 Å². The molecule has 0 saturated heterocycles. The van der Waals surface area contributed by atoms with Crippen LogP contribution in [-0.4, -0.2) is 33.6 Å². The SMILES string of the molecule is CC(C)N=Nc1cc2c(nn1)CCN(C(=O)C1CCC1)C2. The molecule has 1 aromatic heterocycles. The Morgan fingerprint density at radius 1 is 1.38 bits per heavy atom. The molecule has 1 amide bonds. The van der Waals surface area contributed by atoms with Crippen LogP contribution in [0.3, 0.4) is 0 Å². The Kier molecular flexibility index (Phi) is 3.94. The van der Waals surface area contributed by atoms with Gasteiger partial charge < -0.3 is 4.90 Å². The first-order valence-corrected chi connectivity index (χ1v) is 7.68. The zero-order valence-electron chi connectivity index (χ0n) is 12.6. The molecule has 3 rings (SSSR count).